The maximum absolute atomic E-state index is 12.2. The van der Waals surface area contributed by atoms with E-state index in [9.17, 15) is 38.4 Å². The summed E-state index contributed by atoms with van der Waals surface area (Å²) in [6.45, 7) is 1.20. The first-order valence-electron chi connectivity index (χ1n) is 30.2. The minimum atomic E-state index is -0.314. The van der Waals surface area contributed by atoms with E-state index in [0.29, 0.717) is 66.7 Å². The summed E-state index contributed by atoms with van der Waals surface area (Å²) < 4.78 is 3.23. The average Bonchev–Trinajstić information content (AvgIpc) is 1.44. The minimum Gasteiger partial charge on any atom is -0.399 e. The van der Waals surface area contributed by atoms with Gasteiger partial charge < -0.3 is 57.7 Å². The van der Waals surface area contributed by atoms with Gasteiger partial charge in [-0.2, -0.15) is 10.5 Å². The zero-order chi connectivity index (χ0) is 70.8. The number of nitrogens with two attached hydrogens (primary N) is 4. The minimum absolute atomic E-state index is 0.116. The summed E-state index contributed by atoms with van der Waals surface area (Å²) >= 11 is 14.1. The van der Waals surface area contributed by atoms with E-state index in [4.69, 9.17) is 39.3 Å². The maximum Gasteiger partial charge on any atom is 0.252 e. The van der Waals surface area contributed by atoms with Crippen molar-refractivity contribution in [2.75, 3.05) is 32.7 Å². The van der Waals surface area contributed by atoms with Crippen LogP contribution in [0, 0.1) is 22.7 Å². The monoisotopic (exact) mass is 1440 g/mol. The molecule has 97 heavy (non-hydrogen) atoms. The first kappa shape index (κ1) is 80.6. The predicted octanol–water partition coefficient (Wildman–Crippen LogP) is 9.49. The van der Waals surface area contributed by atoms with Crippen LogP contribution in [0.5, 0.6) is 0 Å². The Kier molecular flexibility index (Phi) is 40.7. The number of aromatic nitrogens is 6. The third-order valence-corrected chi connectivity index (χ3v) is 14.1. The van der Waals surface area contributed by atoms with E-state index in [-0.39, 0.29) is 63.2 Å². The second-order valence-electron chi connectivity index (χ2n) is 20.4. The fraction of sp³-hybridized carbons (Fsp3) is 0.232. The number of pyridine rings is 4. The number of halogens is 2. The van der Waals surface area contributed by atoms with Crippen LogP contribution in [0.4, 0.5) is 27.9 Å². The Balaban J connectivity index is 0.000000316. The molecule has 5 heterocycles. The van der Waals surface area contributed by atoms with Crippen LogP contribution in [0.25, 0.3) is 0 Å². The van der Waals surface area contributed by atoms with Crippen molar-refractivity contribution in [1.29, 1.82) is 10.5 Å². The number of amides is 3. The van der Waals surface area contributed by atoms with Gasteiger partial charge in [0.2, 0.25) is 39.2 Å². The van der Waals surface area contributed by atoms with Crippen LogP contribution >= 0.6 is 51.1 Å². The Morgan fingerprint density at radius 2 is 0.938 bits per heavy atom. The van der Waals surface area contributed by atoms with Crippen molar-refractivity contribution < 1.29 is 19.2 Å². The van der Waals surface area contributed by atoms with Gasteiger partial charge in [0.05, 0.1) is 31.4 Å². The van der Waals surface area contributed by atoms with Crippen molar-refractivity contribution in [3.8, 4) is 12.1 Å². The van der Waals surface area contributed by atoms with Crippen molar-refractivity contribution in [2.45, 2.75) is 96.6 Å². The van der Waals surface area contributed by atoms with Crippen LogP contribution in [0.3, 0.4) is 0 Å². The lowest BCUT2D eigenvalue weighted by Gasteiger charge is -2.08. The van der Waals surface area contributed by atoms with E-state index >= 15 is 0 Å². The van der Waals surface area contributed by atoms with Crippen molar-refractivity contribution in [2.24, 2.45) is 11.6 Å². The molecule has 5 aromatic heterocycles. The van der Waals surface area contributed by atoms with Gasteiger partial charge in [-0.1, -0.05) is 149 Å². The number of hydrazine groups is 1. The Bertz CT molecular complexity index is 4130. The van der Waals surface area contributed by atoms with E-state index in [1.54, 1.807) is 45.8 Å². The van der Waals surface area contributed by atoms with Crippen molar-refractivity contribution in [1.82, 2.24) is 34.7 Å². The highest BCUT2D eigenvalue weighted by Crippen LogP contribution is 2.15. The van der Waals surface area contributed by atoms with Gasteiger partial charge in [0, 0.05) is 116 Å². The summed E-state index contributed by atoms with van der Waals surface area (Å²) in [5, 5.41) is 34.7. The molecule has 0 unspecified atom stereocenters. The number of rotatable bonds is 23. The number of hydrogen-bond donors (Lipinski definition) is 10. The van der Waals surface area contributed by atoms with Gasteiger partial charge in [-0.3, -0.25) is 38.4 Å². The molecule has 24 nitrogen and oxygen atoms in total. The Labute approximate surface area is 584 Å². The standard InChI is InChI=1S/C19H21N5O2S.C18H19N3O2.C13H12N2O2.C8H7ClO.C5H8BrN.C5H6N2O.CH5N3S/c20-19-23-22-17(27-19)8-4-5-10-24-11-9-15(13-18(24)26)21-16(25)12-14-6-2-1-3-7-14;19-10-5-2-6-11-21-12-9-16(14-18(21)23)20-17(22)13-15-7-3-1-4-8-15;16-12-9-11(6-7-14-12)15-13(17)8-10-4-2-1-3-5-10;9-8(10)6-7-4-2-1-3-5-7;6-4-2-1-3-5-7;6-4-1-2-7-5(8)3-4;2-1(5)4-3/h1-3,6-7,9,11,13H,4-5,8,10,12H2,(H2,20,23)(H,21,25);1,3-4,7-9,12,14H,2,5-6,11,13H2,(H,20,22);1-7,9H,8H2,(H2,14,15,16,17);1-5H,6H2;1-4H2;1-3H,(H3,6,7,8);3H2,(H3,2,4,5). The first-order valence-corrected chi connectivity index (χ1v) is 32.9. The summed E-state index contributed by atoms with van der Waals surface area (Å²) in [7, 11) is 0. The molecule has 0 fully saturated rings. The maximum atomic E-state index is 12.2. The largest absolute Gasteiger partial charge is 0.399 e. The molecule has 9 rings (SSSR count). The average molecular weight is 1440 g/mol. The smallest absolute Gasteiger partial charge is 0.252 e. The third-order valence-electron chi connectivity index (χ3n) is 12.5. The highest BCUT2D eigenvalue weighted by Gasteiger charge is 2.09. The number of nitrogen functional groups attached to an aromatic ring is 2. The Hall–Kier alpha value is -10.7. The zero-order valence-electron chi connectivity index (χ0n) is 53.1. The number of benzene rings is 4. The second kappa shape index (κ2) is 49.0. The number of hydrogen-bond acceptors (Lipinski definition) is 17. The molecule has 0 aliphatic carbocycles. The number of nitrogens with zero attached hydrogens (tertiary/aromatic N) is 6. The summed E-state index contributed by atoms with van der Waals surface area (Å²) in [6, 6.07) is 54.3. The van der Waals surface area contributed by atoms with Crippen molar-refractivity contribution in [3.63, 3.8) is 0 Å². The fourth-order valence-corrected chi connectivity index (χ4v) is 9.15. The second-order valence-corrected chi connectivity index (χ2v) is 23.1. The molecule has 0 saturated heterocycles. The van der Waals surface area contributed by atoms with Gasteiger partial charge in [0.1, 0.15) is 5.01 Å². The normalized spacial score (nSPS) is 9.70. The predicted molar refractivity (Wildman–Crippen MR) is 391 cm³/mol. The summed E-state index contributed by atoms with van der Waals surface area (Å²) in [6.07, 6.45) is 15.0. The van der Waals surface area contributed by atoms with E-state index in [1.807, 2.05) is 127 Å². The topological polar surface area (TPSA) is 404 Å². The quantitative estimate of drug-likeness (QED) is 0.00711. The van der Waals surface area contributed by atoms with E-state index in [2.05, 4.69) is 82.2 Å². The third kappa shape index (κ3) is 38.9. The van der Waals surface area contributed by atoms with Crippen molar-refractivity contribution >= 4 is 107 Å². The number of carbonyl (C=O) groups excluding carboxylic acids is 4. The molecule has 0 atom stereocenters. The van der Waals surface area contributed by atoms with Crippen LogP contribution in [-0.4, -0.2) is 62.7 Å². The SMILES string of the molecule is N#CCCCCBr.N#CCCCCn1ccc(NC(=O)Cc2ccccc2)cc1=O.NNC(N)=S.Nc1cc[nH]c(=O)c1.Nc1nnc(CCCCn2ccc(NC(=O)Cc3ccccc3)cc2=O)s1.O=C(Cc1ccccc1)Nc1cc[nH]c(=O)c1.O=C(Cl)Cc1ccccc1. The summed E-state index contributed by atoms with van der Waals surface area (Å²) in [5.74, 6) is 4.22. The molecule has 28 heteroatoms. The number of unbranched alkanes of at least 4 members (excludes halogenated alkanes) is 5. The fourth-order valence-electron chi connectivity index (χ4n) is 7.95. The number of nitriles is 2. The van der Waals surface area contributed by atoms with Crippen LogP contribution in [0.1, 0.15) is 78.6 Å². The zero-order valence-corrected chi connectivity index (χ0v) is 57.1. The van der Waals surface area contributed by atoms with E-state index < -0.39 is 0 Å². The van der Waals surface area contributed by atoms with Gasteiger partial charge in [0.25, 0.3) is 11.1 Å². The molecule has 0 aliphatic heterocycles. The molecule has 0 bridgehead atoms. The molecule has 14 N–H and O–H groups in total. The molecule has 508 valence electrons. The molecule has 4 aromatic carbocycles. The van der Waals surface area contributed by atoms with E-state index in [1.165, 1.54) is 48.0 Å². The number of aryl methyl sites for hydroxylation is 3. The summed E-state index contributed by atoms with van der Waals surface area (Å²) in [5.41, 5.74) is 22.7. The number of thiocarbonyl (C=S) groups is 1. The molecule has 0 saturated carbocycles. The van der Waals surface area contributed by atoms with Crippen LogP contribution in [0.2, 0.25) is 0 Å². The molecule has 0 spiro atoms. The lowest BCUT2D eigenvalue weighted by Crippen LogP contribution is -2.34. The summed E-state index contributed by atoms with van der Waals surface area (Å²) in [4.78, 5) is 96.6. The van der Waals surface area contributed by atoms with E-state index in [0.717, 1.165) is 77.5 Å². The lowest BCUT2D eigenvalue weighted by atomic mass is 10.1. The van der Waals surface area contributed by atoms with Gasteiger partial charge in [-0.05, 0) is 109 Å². The van der Waals surface area contributed by atoms with Gasteiger partial charge >= 0.3 is 0 Å². The number of anilines is 5. The highest BCUT2D eigenvalue weighted by molar-refractivity contribution is 9.09. The number of alkyl halides is 1. The Morgan fingerprint density at radius 3 is 1.28 bits per heavy atom. The van der Waals surface area contributed by atoms with Gasteiger partial charge in [-0.25, -0.2) is 5.84 Å². The molecule has 3 amide bonds. The number of H-pyrrole nitrogens is 2. The van der Waals surface area contributed by atoms with Crippen LogP contribution in [-0.2, 0) is 64.4 Å². The molecular formula is C69H78BrClN16O8S2. The first-order chi connectivity index (χ1) is 46.8. The lowest BCUT2D eigenvalue weighted by molar-refractivity contribution is -0.116. The molecule has 0 aliphatic rings. The van der Waals surface area contributed by atoms with Gasteiger partial charge in [0.15, 0.2) is 5.11 Å². The molecule has 9 aromatic rings. The number of carbonyl (C=O) groups is 4. The molecular weight excluding hydrogens is 1360 g/mol. The molecule has 0 radical (unpaired) electrons. The van der Waals surface area contributed by atoms with Gasteiger partial charge in [-0.15, -0.1) is 10.2 Å². The number of nitrogens with one attached hydrogen (secondary N) is 6. The highest BCUT2D eigenvalue weighted by atomic mass is 79.9. The Morgan fingerprint density at radius 1 is 0.546 bits per heavy atom. The van der Waals surface area contributed by atoms with Crippen molar-refractivity contribution in [3.05, 3.63) is 263 Å². The number of aromatic amines is 2. The van der Waals surface area contributed by atoms with Crippen LogP contribution in [0.15, 0.2) is 214 Å². The van der Waals surface area contributed by atoms with Crippen LogP contribution < -0.4 is 66.7 Å².